The van der Waals surface area contributed by atoms with E-state index in [1.807, 2.05) is 0 Å². The smallest absolute Gasteiger partial charge is 0.315 e. The van der Waals surface area contributed by atoms with Gasteiger partial charge >= 0.3 is 12.0 Å². The van der Waals surface area contributed by atoms with Crippen LogP contribution >= 0.6 is 0 Å². The van der Waals surface area contributed by atoms with Gasteiger partial charge in [0.05, 0.1) is 38.7 Å². The summed E-state index contributed by atoms with van der Waals surface area (Å²) in [5.41, 5.74) is 2.24. The number of Topliss-reactive ketones (excluding diaryl/α,β-unsaturated/α-hetero) is 1. The first-order valence-corrected chi connectivity index (χ1v) is 16.5. The molecule has 38 heavy (non-hydrogen) atoms. The number of urea groups is 1. The number of phenols is 1. The third kappa shape index (κ3) is 5.80. The fourth-order valence-electron chi connectivity index (χ4n) is 5.38. The zero-order chi connectivity index (χ0) is 27.6. The molecule has 0 aliphatic heterocycles. The van der Waals surface area contributed by atoms with Crippen molar-refractivity contribution < 1.29 is 33.7 Å². The van der Waals surface area contributed by atoms with Gasteiger partial charge < -0.3 is 30.0 Å². The lowest BCUT2D eigenvalue weighted by Crippen LogP contribution is -2.59. The molecular weight excluding hydrogens is 504 g/mol. The maximum atomic E-state index is 13.4. The van der Waals surface area contributed by atoms with Crippen LogP contribution in [0.15, 0.2) is 36.4 Å². The number of carbonyl (C=O) groups excluding carboxylic acids is 3. The normalized spacial score (nSPS) is 21.9. The van der Waals surface area contributed by atoms with E-state index in [1.165, 1.54) is 7.11 Å². The fourth-order valence-corrected chi connectivity index (χ4v) is 6.10. The molecular formula is C28H36N2O7Si. The lowest BCUT2D eigenvalue weighted by molar-refractivity contribution is -0.152. The molecule has 0 heterocycles. The summed E-state index contributed by atoms with van der Waals surface area (Å²) in [6, 6.07) is 9.69. The Morgan fingerprint density at radius 3 is 2.50 bits per heavy atom. The molecule has 2 aromatic rings. The van der Waals surface area contributed by atoms with Gasteiger partial charge in [-0.05, 0) is 41.4 Å². The average Bonchev–Trinajstić information content (AvgIpc) is 2.86. The number of aromatic hydroxyl groups is 1. The molecule has 1 saturated carbocycles. The van der Waals surface area contributed by atoms with Crippen molar-refractivity contribution in [2.75, 3.05) is 20.8 Å². The van der Waals surface area contributed by atoms with Crippen LogP contribution in [0.25, 0.3) is 0 Å². The van der Waals surface area contributed by atoms with Crippen molar-refractivity contribution in [1.29, 1.82) is 0 Å². The second-order valence-electron chi connectivity index (χ2n) is 11.1. The number of benzene rings is 2. The molecule has 9 nitrogen and oxygen atoms in total. The van der Waals surface area contributed by atoms with Crippen molar-refractivity contribution in [3.63, 3.8) is 0 Å². The number of rotatable bonds is 9. The highest BCUT2D eigenvalue weighted by molar-refractivity contribution is 6.76. The first-order valence-electron chi connectivity index (χ1n) is 12.8. The topological polar surface area (TPSA) is 123 Å². The van der Waals surface area contributed by atoms with Gasteiger partial charge in [0.25, 0.3) is 0 Å². The highest BCUT2D eigenvalue weighted by Gasteiger charge is 2.55. The average molecular weight is 541 g/mol. The van der Waals surface area contributed by atoms with Crippen LogP contribution in [0.1, 0.15) is 34.9 Å². The molecule has 3 aliphatic carbocycles. The van der Waals surface area contributed by atoms with Crippen molar-refractivity contribution in [2.24, 2.45) is 5.92 Å². The highest BCUT2D eigenvalue weighted by atomic mass is 28.3. The van der Waals surface area contributed by atoms with Crippen molar-refractivity contribution >= 4 is 25.9 Å². The molecule has 2 unspecified atom stereocenters. The van der Waals surface area contributed by atoms with E-state index in [1.54, 1.807) is 43.5 Å². The Bertz CT molecular complexity index is 1230. The first-order chi connectivity index (χ1) is 18.0. The van der Waals surface area contributed by atoms with Gasteiger partial charge in [0.15, 0.2) is 0 Å². The molecule has 2 aromatic carbocycles. The Morgan fingerprint density at radius 2 is 1.82 bits per heavy atom. The lowest BCUT2D eigenvalue weighted by atomic mass is 9.58. The zero-order valence-corrected chi connectivity index (χ0v) is 23.5. The summed E-state index contributed by atoms with van der Waals surface area (Å²) < 4.78 is 16.3. The quantitative estimate of drug-likeness (QED) is 0.325. The highest BCUT2D eigenvalue weighted by Crippen LogP contribution is 2.52. The molecule has 10 heteroatoms. The molecule has 0 aromatic heterocycles. The van der Waals surface area contributed by atoms with Crippen LogP contribution in [0.2, 0.25) is 25.7 Å². The molecule has 3 aliphatic rings. The van der Waals surface area contributed by atoms with Crippen LogP contribution < -0.4 is 20.1 Å². The second kappa shape index (κ2) is 11.1. The summed E-state index contributed by atoms with van der Waals surface area (Å²) in [6.45, 7) is 7.09. The van der Waals surface area contributed by atoms with Crippen molar-refractivity contribution in [1.82, 2.24) is 10.6 Å². The van der Waals surface area contributed by atoms with Crippen LogP contribution in [0.3, 0.4) is 0 Å². The van der Waals surface area contributed by atoms with Gasteiger partial charge in [0.1, 0.15) is 23.0 Å². The van der Waals surface area contributed by atoms with Crippen LogP contribution in [0, 0.1) is 5.92 Å². The third-order valence-corrected chi connectivity index (χ3v) is 9.06. The van der Waals surface area contributed by atoms with E-state index in [-0.39, 0.29) is 24.5 Å². The SMILES string of the molecule is COc1ccc(CNC(=O)N[C@H]2C(C(=O)OCC[Si](C)(C)C)C3CC(=O)[C@H]2c2cc(O)ccc23)c(OC)c1. The van der Waals surface area contributed by atoms with E-state index in [0.29, 0.717) is 23.7 Å². The minimum Gasteiger partial charge on any atom is -0.508 e. The molecule has 2 amide bonds. The summed E-state index contributed by atoms with van der Waals surface area (Å²) in [6.07, 6.45) is 0.194. The Hall–Kier alpha value is -3.53. The molecule has 4 atom stereocenters. The number of ether oxygens (including phenoxy) is 3. The summed E-state index contributed by atoms with van der Waals surface area (Å²) in [4.78, 5) is 39.6. The number of phenolic OH excluding ortho intramolecular Hbond substituents is 1. The number of carbonyl (C=O) groups is 3. The number of hydrogen-bond acceptors (Lipinski definition) is 7. The maximum absolute atomic E-state index is 13.4. The minimum absolute atomic E-state index is 0.0353. The fraction of sp³-hybridized carbons (Fsp3) is 0.464. The van der Waals surface area contributed by atoms with Crippen molar-refractivity contribution in [3.8, 4) is 17.2 Å². The van der Waals surface area contributed by atoms with E-state index in [2.05, 4.69) is 30.3 Å². The largest absolute Gasteiger partial charge is 0.508 e. The van der Waals surface area contributed by atoms with Crippen LogP contribution in [0.5, 0.6) is 17.2 Å². The molecule has 2 bridgehead atoms. The molecule has 0 radical (unpaired) electrons. The lowest BCUT2D eigenvalue weighted by Gasteiger charge is -2.47. The van der Waals surface area contributed by atoms with Gasteiger partial charge in [-0.1, -0.05) is 25.7 Å². The summed E-state index contributed by atoms with van der Waals surface area (Å²) in [5.74, 6) is -1.15. The number of hydrogen-bond donors (Lipinski definition) is 3. The van der Waals surface area contributed by atoms with Gasteiger partial charge in [0.2, 0.25) is 0 Å². The first kappa shape index (κ1) is 27.5. The van der Waals surface area contributed by atoms with Gasteiger partial charge in [-0.2, -0.15) is 0 Å². The number of esters is 1. The van der Waals surface area contributed by atoms with Crippen LogP contribution in [-0.4, -0.2) is 57.8 Å². The van der Waals surface area contributed by atoms with Crippen molar-refractivity contribution in [3.05, 3.63) is 53.1 Å². The molecule has 0 spiro atoms. The van der Waals surface area contributed by atoms with E-state index in [4.69, 9.17) is 14.2 Å². The van der Waals surface area contributed by atoms with Gasteiger partial charge in [0, 0.05) is 38.6 Å². The molecule has 1 fully saturated rings. The maximum Gasteiger partial charge on any atom is 0.315 e. The predicted octanol–water partition coefficient (Wildman–Crippen LogP) is 3.93. The number of fused-ring (bicyclic) bond motifs is 2. The molecule has 0 saturated heterocycles. The number of nitrogens with one attached hydrogen (secondary N) is 2. The van der Waals surface area contributed by atoms with Gasteiger partial charge in [-0.15, -0.1) is 0 Å². The Morgan fingerprint density at radius 1 is 1.05 bits per heavy atom. The van der Waals surface area contributed by atoms with E-state index in [0.717, 1.165) is 17.2 Å². The van der Waals surface area contributed by atoms with Gasteiger partial charge in [-0.3, -0.25) is 9.59 Å². The number of amides is 2. The monoisotopic (exact) mass is 540 g/mol. The van der Waals surface area contributed by atoms with E-state index in [9.17, 15) is 19.5 Å². The summed E-state index contributed by atoms with van der Waals surface area (Å²) >= 11 is 0. The summed E-state index contributed by atoms with van der Waals surface area (Å²) in [7, 11) is 1.67. The number of methoxy groups -OCH3 is 2. The molecule has 204 valence electrons. The molecule has 5 rings (SSSR count). The minimum atomic E-state index is -1.42. The molecule has 3 N–H and O–H groups in total. The van der Waals surface area contributed by atoms with Gasteiger partial charge in [-0.25, -0.2) is 4.79 Å². The number of ketones is 1. The van der Waals surface area contributed by atoms with Crippen LogP contribution in [0.4, 0.5) is 4.79 Å². The zero-order valence-electron chi connectivity index (χ0n) is 22.5. The van der Waals surface area contributed by atoms with E-state index >= 15 is 0 Å². The second-order valence-corrected chi connectivity index (χ2v) is 16.7. The standard InChI is InChI=1S/C28H36N2O7Si/c1-35-18-8-6-16(23(13-18)36-2)15-29-28(34)30-26-24-20-12-17(31)7-9-19(20)21(14-22(24)32)25(26)27(33)37-10-11-38(3,4)5/h6-9,12-13,21,24-26,31H,10-11,14-15H2,1-5H3,(H2,29,30,34)/t21?,24-,25?,26-/m1/s1. The summed E-state index contributed by atoms with van der Waals surface area (Å²) in [5, 5.41) is 15.8. The Labute approximate surface area is 223 Å². The van der Waals surface area contributed by atoms with E-state index < -0.39 is 43.9 Å². The third-order valence-electron chi connectivity index (χ3n) is 7.35. The Kier molecular flexibility index (Phi) is 8.01. The van der Waals surface area contributed by atoms with Crippen molar-refractivity contribution in [2.45, 2.75) is 56.5 Å². The van der Waals surface area contributed by atoms with Crippen LogP contribution in [-0.2, 0) is 20.9 Å². The Balaban J connectivity index is 1.55. The predicted molar refractivity (Wildman–Crippen MR) is 145 cm³/mol.